The second-order valence-electron chi connectivity index (χ2n) is 3.15. The molecule has 0 aliphatic heterocycles. The highest BCUT2D eigenvalue weighted by Crippen LogP contribution is 2.16. The Kier molecular flexibility index (Phi) is 4.51. The third kappa shape index (κ3) is 2.90. The molecule has 4 heteroatoms. The van der Waals surface area contributed by atoms with Crippen molar-refractivity contribution < 1.29 is 0 Å². The third-order valence-electron chi connectivity index (χ3n) is 2.05. The van der Waals surface area contributed by atoms with Gasteiger partial charge in [0.25, 0.3) is 0 Å². The van der Waals surface area contributed by atoms with Gasteiger partial charge in [-0.15, -0.1) is 0 Å². The summed E-state index contributed by atoms with van der Waals surface area (Å²) in [6.45, 7) is 2.11. The summed E-state index contributed by atoms with van der Waals surface area (Å²) >= 11 is 2.00. The van der Waals surface area contributed by atoms with Gasteiger partial charge >= 0.3 is 0 Å². The molecule has 0 unspecified atom stereocenters. The maximum atomic E-state index is 8.89. The van der Waals surface area contributed by atoms with E-state index in [1.54, 1.807) is 6.07 Å². The Morgan fingerprint density at radius 2 is 2.13 bits per heavy atom. The lowest BCUT2D eigenvalue weighted by atomic mass is 10.1. The van der Waals surface area contributed by atoms with E-state index < -0.39 is 0 Å². The number of unbranched alkanes of at least 4 members (excludes halogenated alkanes) is 1. The summed E-state index contributed by atoms with van der Waals surface area (Å²) in [6.07, 6.45) is 3.02. The predicted molar refractivity (Wildman–Crippen MR) is 65.0 cm³/mol. The van der Waals surface area contributed by atoms with E-state index in [9.17, 15) is 0 Å². The molecule has 0 amide bonds. The van der Waals surface area contributed by atoms with Crippen molar-refractivity contribution in [2.24, 2.45) is 0 Å². The van der Waals surface area contributed by atoms with E-state index in [1.807, 2.05) is 34.7 Å². The standard InChI is InChI=1S/C11H10IN3/c1-2-3-4-9-5-8(6-13)10(7-14)11(12)15-9/h5H,2-4H2,1H3. The van der Waals surface area contributed by atoms with Gasteiger partial charge < -0.3 is 0 Å². The molecule has 1 heterocycles. The number of pyridine rings is 1. The zero-order chi connectivity index (χ0) is 11.3. The van der Waals surface area contributed by atoms with E-state index >= 15 is 0 Å². The van der Waals surface area contributed by atoms with Crippen LogP contribution in [0, 0.1) is 26.4 Å². The van der Waals surface area contributed by atoms with Crippen molar-refractivity contribution in [3.8, 4) is 12.1 Å². The number of aryl methyl sites for hydroxylation is 1. The van der Waals surface area contributed by atoms with Crippen LogP contribution in [0.4, 0.5) is 0 Å². The molecule has 0 aromatic carbocycles. The van der Waals surface area contributed by atoms with Crippen LogP contribution in [0.25, 0.3) is 0 Å². The first-order valence-electron chi connectivity index (χ1n) is 4.72. The summed E-state index contributed by atoms with van der Waals surface area (Å²) in [6, 6.07) is 5.76. The van der Waals surface area contributed by atoms with Crippen LogP contribution in [0.5, 0.6) is 0 Å². The number of nitrogens with zero attached hydrogens (tertiary/aromatic N) is 3. The van der Waals surface area contributed by atoms with Gasteiger partial charge in [-0.3, -0.25) is 0 Å². The quantitative estimate of drug-likeness (QED) is 0.637. The molecule has 0 aliphatic carbocycles. The molecule has 0 fully saturated rings. The van der Waals surface area contributed by atoms with Crippen LogP contribution in [0.2, 0.25) is 0 Å². The minimum atomic E-state index is 0.387. The van der Waals surface area contributed by atoms with E-state index in [-0.39, 0.29) is 0 Å². The molecule has 0 spiro atoms. The first kappa shape index (κ1) is 11.9. The van der Waals surface area contributed by atoms with E-state index in [0.717, 1.165) is 25.0 Å². The molecule has 1 rings (SSSR count). The summed E-state index contributed by atoms with van der Waals surface area (Å²) in [5.74, 6) is 0. The van der Waals surface area contributed by atoms with Gasteiger partial charge in [-0.25, -0.2) is 4.98 Å². The Morgan fingerprint density at radius 1 is 1.40 bits per heavy atom. The van der Waals surface area contributed by atoms with Gasteiger partial charge in [0.2, 0.25) is 0 Å². The van der Waals surface area contributed by atoms with E-state index in [1.165, 1.54) is 0 Å². The molecule has 76 valence electrons. The highest BCUT2D eigenvalue weighted by Gasteiger charge is 2.09. The molecule has 0 saturated heterocycles. The highest BCUT2D eigenvalue weighted by atomic mass is 127. The molecule has 0 saturated carbocycles. The van der Waals surface area contributed by atoms with Crippen LogP contribution < -0.4 is 0 Å². The lowest BCUT2D eigenvalue weighted by Gasteiger charge is -2.03. The maximum Gasteiger partial charge on any atom is 0.120 e. The second kappa shape index (κ2) is 5.67. The minimum Gasteiger partial charge on any atom is -0.245 e. The zero-order valence-corrected chi connectivity index (χ0v) is 10.6. The van der Waals surface area contributed by atoms with Crippen LogP contribution in [0.15, 0.2) is 6.07 Å². The van der Waals surface area contributed by atoms with E-state index in [4.69, 9.17) is 10.5 Å². The van der Waals surface area contributed by atoms with Crippen molar-refractivity contribution in [3.63, 3.8) is 0 Å². The molecule has 0 N–H and O–H groups in total. The van der Waals surface area contributed by atoms with Crippen LogP contribution in [0.1, 0.15) is 36.6 Å². The minimum absolute atomic E-state index is 0.387. The first-order valence-corrected chi connectivity index (χ1v) is 5.80. The van der Waals surface area contributed by atoms with Crippen molar-refractivity contribution in [2.75, 3.05) is 0 Å². The average molecular weight is 311 g/mol. The normalized spacial score (nSPS) is 9.33. The Bertz CT molecular complexity index is 440. The van der Waals surface area contributed by atoms with E-state index in [0.29, 0.717) is 14.8 Å². The number of hydrogen-bond acceptors (Lipinski definition) is 3. The molecular formula is C11H10IN3. The SMILES string of the molecule is CCCCc1cc(C#N)c(C#N)c(I)n1. The van der Waals surface area contributed by atoms with Crippen molar-refractivity contribution in [2.45, 2.75) is 26.2 Å². The summed E-state index contributed by atoms with van der Waals surface area (Å²) in [4.78, 5) is 4.30. The van der Waals surface area contributed by atoms with Gasteiger partial charge in [-0.1, -0.05) is 13.3 Å². The molecule has 0 bridgehead atoms. The van der Waals surface area contributed by atoms with Gasteiger partial charge in [-0.05, 0) is 41.5 Å². The summed E-state index contributed by atoms with van der Waals surface area (Å²) in [5, 5.41) is 17.7. The van der Waals surface area contributed by atoms with Crippen molar-refractivity contribution in [1.29, 1.82) is 10.5 Å². The Labute approximate surface area is 103 Å². The summed E-state index contributed by atoms with van der Waals surface area (Å²) < 4.78 is 0.625. The van der Waals surface area contributed by atoms with Crippen molar-refractivity contribution in [1.82, 2.24) is 4.98 Å². The number of halogens is 1. The first-order chi connectivity index (χ1) is 7.22. The van der Waals surface area contributed by atoms with Gasteiger partial charge in [0.1, 0.15) is 21.4 Å². The zero-order valence-electron chi connectivity index (χ0n) is 8.42. The number of nitriles is 2. The molecule has 0 atom stereocenters. The molecule has 0 radical (unpaired) electrons. The molecule has 1 aromatic heterocycles. The molecule has 1 aromatic rings. The van der Waals surface area contributed by atoms with Gasteiger partial charge in [0, 0.05) is 5.69 Å². The van der Waals surface area contributed by atoms with Crippen molar-refractivity contribution in [3.05, 3.63) is 26.6 Å². The molecular weight excluding hydrogens is 301 g/mol. The lowest BCUT2D eigenvalue weighted by Crippen LogP contribution is -1.99. The fourth-order valence-electron chi connectivity index (χ4n) is 1.24. The van der Waals surface area contributed by atoms with Gasteiger partial charge in [0.05, 0.1) is 5.56 Å². The molecule has 3 nitrogen and oxygen atoms in total. The molecule has 0 aliphatic rings. The highest BCUT2D eigenvalue weighted by molar-refractivity contribution is 14.1. The van der Waals surface area contributed by atoms with Gasteiger partial charge in [0.15, 0.2) is 0 Å². The summed E-state index contributed by atoms with van der Waals surface area (Å²) in [7, 11) is 0. The smallest absolute Gasteiger partial charge is 0.120 e. The fraction of sp³-hybridized carbons (Fsp3) is 0.364. The maximum absolute atomic E-state index is 8.89. The lowest BCUT2D eigenvalue weighted by molar-refractivity contribution is 0.774. The topological polar surface area (TPSA) is 60.5 Å². The van der Waals surface area contributed by atoms with Crippen LogP contribution in [0.3, 0.4) is 0 Å². The average Bonchev–Trinajstić information content (AvgIpc) is 2.25. The largest absolute Gasteiger partial charge is 0.245 e. The van der Waals surface area contributed by atoms with Crippen molar-refractivity contribution >= 4 is 22.6 Å². The van der Waals surface area contributed by atoms with Gasteiger partial charge in [-0.2, -0.15) is 10.5 Å². The second-order valence-corrected chi connectivity index (χ2v) is 4.18. The Morgan fingerprint density at radius 3 is 2.67 bits per heavy atom. The number of rotatable bonds is 3. The summed E-state index contributed by atoms with van der Waals surface area (Å²) in [5.41, 5.74) is 1.72. The Hall–Kier alpha value is -1.14. The van der Waals surface area contributed by atoms with Crippen LogP contribution >= 0.6 is 22.6 Å². The number of hydrogen-bond donors (Lipinski definition) is 0. The third-order valence-corrected chi connectivity index (χ3v) is 2.83. The predicted octanol–water partition coefficient (Wildman–Crippen LogP) is 2.77. The number of aromatic nitrogens is 1. The Balaban J connectivity index is 3.11. The van der Waals surface area contributed by atoms with Crippen LogP contribution in [-0.2, 0) is 6.42 Å². The fourth-order valence-corrected chi connectivity index (χ4v) is 1.97. The van der Waals surface area contributed by atoms with E-state index in [2.05, 4.69) is 11.9 Å². The van der Waals surface area contributed by atoms with Crippen LogP contribution in [-0.4, -0.2) is 4.98 Å². The molecule has 15 heavy (non-hydrogen) atoms. The monoisotopic (exact) mass is 311 g/mol.